The number of aromatic nitrogens is 2. The van der Waals surface area contributed by atoms with Gasteiger partial charge in [-0.15, -0.1) is 0 Å². The van der Waals surface area contributed by atoms with Crippen molar-refractivity contribution in [1.29, 1.82) is 0 Å². The Kier molecular flexibility index (Phi) is 4.59. The van der Waals surface area contributed by atoms with Crippen LogP contribution >= 0.6 is 0 Å². The summed E-state index contributed by atoms with van der Waals surface area (Å²) in [7, 11) is -1.71. The van der Waals surface area contributed by atoms with Gasteiger partial charge in [0, 0.05) is 32.9 Å². The normalized spacial score (nSPS) is 21.7. The first-order chi connectivity index (χ1) is 8.97. The van der Waals surface area contributed by atoms with Crippen molar-refractivity contribution < 1.29 is 8.42 Å². The molecule has 0 aliphatic carbocycles. The molecule has 6 nitrogen and oxygen atoms in total. The number of nitrogens with zero attached hydrogens (tertiary/aromatic N) is 3. The van der Waals surface area contributed by atoms with Crippen molar-refractivity contribution in [3.05, 3.63) is 12.4 Å². The maximum Gasteiger partial charge on any atom is 0.243 e. The Labute approximate surface area is 114 Å². The van der Waals surface area contributed by atoms with Crippen molar-refractivity contribution in [1.82, 2.24) is 19.4 Å². The van der Waals surface area contributed by atoms with Gasteiger partial charge in [0.15, 0.2) is 0 Å². The van der Waals surface area contributed by atoms with Gasteiger partial charge in [0.1, 0.15) is 4.90 Å². The molecule has 2 rings (SSSR count). The number of rotatable bonds is 5. The smallest absolute Gasteiger partial charge is 0.243 e. The van der Waals surface area contributed by atoms with Gasteiger partial charge >= 0.3 is 0 Å². The highest BCUT2D eigenvalue weighted by Crippen LogP contribution is 2.14. The van der Waals surface area contributed by atoms with Gasteiger partial charge in [-0.25, -0.2) is 13.1 Å². The molecular weight excluding hydrogens is 264 g/mol. The van der Waals surface area contributed by atoms with Gasteiger partial charge in [-0.3, -0.25) is 4.68 Å². The van der Waals surface area contributed by atoms with Crippen molar-refractivity contribution in [2.45, 2.75) is 24.7 Å². The number of nitrogens with one attached hydrogen (secondary N) is 1. The second-order valence-electron chi connectivity index (χ2n) is 5.30. The van der Waals surface area contributed by atoms with Crippen LogP contribution in [0.4, 0.5) is 0 Å². The lowest BCUT2D eigenvalue weighted by molar-refractivity contribution is 0.187. The van der Waals surface area contributed by atoms with Gasteiger partial charge in [0.05, 0.1) is 6.20 Å². The molecule has 1 aromatic heterocycles. The molecule has 1 N–H and O–H groups in total. The fourth-order valence-corrected chi connectivity index (χ4v) is 3.45. The second kappa shape index (κ2) is 6.02. The fraction of sp³-hybridized carbons (Fsp3) is 0.750. The van der Waals surface area contributed by atoms with E-state index in [1.807, 2.05) is 0 Å². The van der Waals surface area contributed by atoms with E-state index in [0.29, 0.717) is 12.5 Å². The average molecular weight is 286 g/mol. The molecule has 0 saturated carbocycles. The third-order valence-electron chi connectivity index (χ3n) is 3.45. The molecule has 2 heterocycles. The Morgan fingerprint density at radius 1 is 1.53 bits per heavy atom. The van der Waals surface area contributed by atoms with Crippen molar-refractivity contribution >= 4 is 10.0 Å². The molecule has 1 atom stereocenters. The minimum Gasteiger partial charge on any atom is -0.302 e. The van der Waals surface area contributed by atoms with Crippen LogP contribution in [0, 0.1) is 5.92 Å². The zero-order chi connectivity index (χ0) is 13.9. The van der Waals surface area contributed by atoms with Crippen LogP contribution in [0.2, 0.25) is 0 Å². The summed E-state index contributed by atoms with van der Waals surface area (Å²) in [4.78, 5) is 2.54. The lowest BCUT2D eigenvalue weighted by Gasteiger charge is -2.30. The highest BCUT2D eigenvalue weighted by Gasteiger charge is 2.18. The van der Waals surface area contributed by atoms with Crippen LogP contribution in [0.15, 0.2) is 17.3 Å². The third kappa shape index (κ3) is 4.02. The van der Waals surface area contributed by atoms with Crippen molar-refractivity contribution in [2.75, 3.05) is 26.2 Å². The monoisotopic (exact) mass is 286 g/mol. The Bertz CT molecular complexity index is 512. The number of sulfonamides is 1. The Balaban J connectivity index is 1.82. The van der Waals surface area contributed by atoms with Gasteiger partial charge in [-0.2, -0.15) is 5.10 Å². The van der Waals surface area contributed by atoms with E-state index in [1.165, 1.54) is 29.9 Å². The minimum absolute atomic E-state index is 0.224. The van der Waals surface area contributed by atoms with Crippen LogP contribution in [-0.4, -0.2) is 49.3 Å². The summed E-state index contributed by atoms with van der Waals surface area (Å²) in [5.74, 6) is 0.712. The zero-order valence-electron chi connectivity index (χ0n) is 11.5. The molecule has 0 radical (unpaired) electrons. The molecule has 108 valence electrons. The second-order valence-corrected chi connectivity index (χ2v) is 7.06. The topological polar surface area (TPSA) is 67.2 Å². The zero-order valence-corrected chi connectivity index (χ0v) is 12.4. The Hall–Kier alpha value is -0.920. The molecule has 0 bridgehead atoms. The van der Waals surface area contributed by atoms with Crippen molar-refractivity contribution in [2.24, 2.45) is 13.0 Å². The van der Waals surface area contributed by atoms with E-state index >= 15 is 0 Å². The fourth-order valence-electron chi connectivity index (χ4n) is 2.45. The maximum atomic E-state index is 12.0. The summed E-state index contributed by atoms with van der Waals surface area (Å²) in [6.45, 7) is 5.59. The largest absolute Gasteiger partial charge is 0.302 e. The highest BCUT2D eigenvalue weighted by atomic mass is 32.2. The summed E-state index contributed by atoms with van der Waals surface area (Å²) >= 11 is 0. The number of hydrogen-bond acceptors (Lipinski definition) is 4. The summed E-state index contributed by atoms with van der Waals surface area (Å²) in [6, 6.07) is 0. The van der Waals surface area contributed by atoms with Gasteiger partial charge < -0.3 is 4.90 Å². The van der Waals surface area contributed by atoms with Crippen LogP contribution in [0.3, 0.4) is 0 Å². The SMILES string of the molecule is CC1CCCN(CCNS(=O)(=O)c2cnn(C)c2)C1. The molecule has 1 aliphatic rings. The summed E-state index contributed by atoms with van der Waals surface area (Å²) < 4.78 is 28.1. The lowest BCUT2D eigenvalue weighted by Crippen LogP contribution is -2.40. The van der Waals surface area contributed by atoms with Crippen LogP contribution in [-0.2, 0) is 17.1 Å². The van der Waals surface area contributed by atoms with Crippen LogP contribution < -0.4 is 4.72 Å². The van der Waals surface area contributed by atoms with E-state index in [2.05, 4.69) is 21.6 Å². The summed E-state index contributed by atoms with van der Waals surface area (Å²) in [5, 5.41) is 3.88. The van der Waals surface area contributed by atoms with Crippen LogP contribution in [0.5, 0.6) is 0 Å². The molecule has 1 fully saturated rings. The minimum atomic E-state index is -3.41. The van der Waals surface area contributed by atoms with E-state index in [1.54, 1.807) is 7.05 Å². The standard InChI is InChI=1S/C12H22N4O2S/c1-11-4-3-6-16(9-11)7-5-14-19(17,18)12-8-13-15(2)10-12/h8,10-11,14H,3-7,9H2,1-2H3. The Morgan fingerprint density at radius 3 is 2.95 bits per heavy atom. The van der Waals surface area contributed by atoms with E-state index in [0.717, 1.165) is 19.6 Å². The molecular formula is C12H22N4O2S. The van der Waals surface area contributed by atoms with Gasteiger partial charge in [-0.05, 0) is 25.3 Å². The van der Waals surface area contributed by atoms with Crippen LogP contribution in [0.1, 0.15) is 19.8 Å². The molecule has 7 heteroatoms. The number of aryl methyl sites for hydroxylation is 1. The maximum absolute atomic E-state index is 12.0. The molecule has 1 unspecified atom stereocenters. The predicted octanol–water partition coefficient (Wildman–Crippen LogP) is 0.430. The highest BCUT2D eigenvalue weighted by molar-refractivity contribution is 7.89. The van der Waals surface area contributed by atoms with Gasteiger partial charge in [0.25, 0.3) is 0 Å². The molecule has 0 amide bonds. The molecule has 1 aromatic rings. The Morgan fingerprint density at radius 2 is 2.32 bits per heavy atom. The van der Waals surface area contributed by atoms with Gasteiger partial charge in [0.2, 0.25) is 10.0 Å². The first-order valence-electron chi connectivity index (χ1n) is 6.68. The van der Waals surface area contributed by atoms with Crippen molar-refractivity contribution in [3.8, 4) is 0 Å². The first-order valence-corrected chi connectivity index (χ1v) is 8.16. The van der Waals surface area contributed by atoms with E-state index in [9.17, 15) is 8.42 Å². The predicted molar refractivity (Wildman–Crippen MR) is 73.2 cm³/mol. The summed E-state index contributed by atoms with van der Waals surface area (Å²) in [5.41, 5.74) is 0. The first kappa shape index (κ1) is 14.5. The van der Waals surface area contributed by atoms with Gasteiger partial charge in [-0.1, -0.05) is 6.92 Å². The van der Waals surface area contributed by atoms with E-state index in [4.69, 9.17) is 0 Å². The van der Waals surface area contributed by atoms with E-state index in [-0.39, 0.29) is 4.90 Å². The third-order valence-corrected chi connectivity index (χ3v) is 4.87. The lowest BCUT2D eigenvalue weighted by atomic mass is 10.0. The molecule has 1 saturated heterocycles. The van der Waals surface area contributed by atoms with Crippen LogP contribution in [0.25, 0.3) is 0 Å². The molecule has 0 spiro atoms. The molecule has 19 heavy (non-hydrogen) atoms. The number of likely N-dealkylation sites (tertiary alicyclic amines) is 1. The number of piperidine rings is 1. The average Bonchev–Trinajstić information content (AvgIpc) is 2.76. The molecule has 1 aliphatic heterocycles. The molecule has 0 aromatic carbocycles. The van der Waals surface area contributed by atoms with E-state index < -0.39 is 10.0 Å². The number of hydrogen-bond donors (Lipinski definition) is 1. The van der Waals surface area contributed by atoms with Crippen molar-refractivity contribution in [3.63, 3.8) is 0 Å². The quantitative estimate of drug-likeness (QED) is 0.852. The summed E-state index contributed by atoms with van der Waals surface area (Å²) in [6.07, 6.45) is 5.35.